The van der Waals surface area contributed by atoms with E-state index in [1.807, 2.05) is 31.2 Å². The van der Waals surface area contributed by atoms with Gasteiger partial charge in [0.05, 0.1) is 12.1 Å². The zero-order chi connectivity index (χ0) is 12.3. The summed E-state index contributed by atoms with van der Waals surface area (Å²) in [6.07, 6.45) is 0.463. The third-order valence-electron chi connectivity index (χ3n) is 2.49. The highest BCUT2D eigenvalue weighted by atomic mass is 16.5. The molecule has 88 valence electrons. The Bertz CT molecular complexity index is 514. The fourth-order valence-electron chi connectivity index (χ4n) is 1.52. The predicted octanol–water partition coefficient (Wildman–Crippen LogP) is 2.67. The first-order valence-electron chi connectivity index (χ1n) is 5.39. The van der Waals surface area contributed by atoms with Crippen LogP contribution >= 0.6 is 0 Å². The van der Waals surface area contributed by atoms with Crippen molar-refractivity contribution in [2.24, 2.45) is 0 Å². The second kappa shape index (κ2) is 4.82. The van der Waals surface area contributed by atoms with E-state index >= 15 is 0 Å². The standard InChI is InChI=1S/C13H13NO3/c1-9-2-4-10(5-3-9)12-8-11(14-17-12)6-7-13(15)16/h2-5,8H,6-7H2,1H3,(H,15,16). The largest absolute Gasteiger partial charge is 0.481 e. The molecule has 0 radical (unpaired) electrons. The van der Waals surface area contributed by atoms with Crippen LogP contribution in [0, 0.1) is 6.92 Å². The van der Waals surface area contributed by atoms with E-state index in [4.69, 9.17) is 9.63 Å². The topological polar surface area (TPSA) is 63.3 Å². The number of hydrogen-bond acceptors (Lipinski definition) is 3. The van der Waals surface area contributed by atoms with Crippen LogP contribution in [0.5, 0.6) is 0 Å². The van der Waals surface area contributed by atoms with Crippen molar-refractivity contribution in [1.29, 1.82) is 0 Å². The smallest absolute Gasteiger partial charge is 0.303 e. The van der Waals surface area contributed by atoms with Gasteiger partial charge < -0.3 is 9.63 Å². The van der Waals surface area contributed by atoms with Crippen LogP contribution < -0.4 is 0 Å². The van der Waals surface area contributed by atoms with E-state index in [0.29, 0.717) is 17.9 Å². The fraction of sp³-hybridized carbons (Fsp3) is 0.231. The van der Waals surface area contributed by atoms with Crippen molar-refractivity contribution in [2.45, 2.75) is 19.8 Å². The van der Waals surface area contributed by atoms with Crippen LogP contribution in [0.4, 0.5) is 0 Å². The van der Waals surface area contributed by atoms with Gasteiger partial charge in [0.15, 0.2) is 5.76 Å². The Kier molecular flexibility index (Phi) is 3.23. The van der Waals surface area contributed by atoms with Crippen molar-refractivity contribution in [1.82, 2.24) is 5.16 Å². The lowest BCUT2D eigenvalue weighted by atomic mass is 10.1. The Morgan fingerprint density at radius 3 is 2.71 bits per heavy atom. The number of nitrogens with zero attached hydrogens (tertiary/aromatic N) is 1. The number of carboxylic acids is 1. The van der Waals surface area contributed by atoms with Gasteiger partial charge in [-0.25, -0.2) is 0 Å². The van der Waals surface area contributed by atoms with E-state index < -0.39 is 5.97 Å². The summed E-state index contributed by atoms with van der Waals surface area (Å²) in [5, 5.41) is 12.4. The molecule has 0 aliphatic rings. The molecule has 0 bridgehead atoms. The van der Waals surface area contributed by atoms with E-state index in [9.17, 15) is 4.79 Å². The molecule has 1 N–H and O–H groups in total. The molecule has 1 heterocycles. The number of benzene rings is 1. The molecular formula is C13H13NO3. The molecule has 1 aromatic carbocycles. The van der Waals surface area contributed by atoms with Crippen molar-refractivity contribution in [3.05, 3.63) is 41.6 Å². The lowest BCUT2D eigenvalue weighted by Crippen LogP contribution is -1.97. The van der Waals surface area contributed by atoms with Crippen LogP contribution in [0.15, 0.2) is 34.9 Å². The highest BCUT2D eigenvalue weighted by Crippen LogP contribution is 2.21. The molecular weight excluding hydrogens is 218 g/mol. The molecule has 4 nitrogen and oxygen atoms in total. The van der Waals surface area contributed by atoms with E-state index in [1.54, 1.807) is 6.07 Å². The quantitative estimate of drug-likeness (QED) is 0.878. The number of aliphatic carboxylic acids is 1. The molecule has 0 atom stereocenters. The van der Waals surface area contributed by atoms with Gasteiger partial charge in [0.25, 0.3) is 0 Å². The van der Waals surface area contributed by atoms with Crippen molar-refractivity contribution < 1.29 is 14.4 Å². The van der Waals surface area contributed by atoms with Crippen molar-refractivity contribution in [2.75, 3.05) is 0 Å². The maximum atomic E-state index is 10.4. The van der Waals surface area contributed by atoms with E-state index in [1.165, 1.54) is 5.56 Å². The van der Waals surface area contributed by atoms with Gasteiger partial charge in [-0.3, -0.25) is 4.79 Å². The van der Waals surface area contributed by atoms with Crippen molar-refractivity contribution in [3.63, 3.8) is 0 Å². The van der Waals surface area contributed by atoms with Gasteiger partial charge in [-0.2, -0.15) is 0 Å². The molecule has 4 heteroatoms. The van der Waals surface area contributed by atoms with Crippen LogP contribution in [-0.2, 0) is 11.2 Å². The maximum Gasteiger partial charge on any atom is 0.303 e. The molecule has 0 saturated heterocycles. The summed E-state index contributed by atoms with van der Waals surface area (Å²) in [5.41, 5.74) is 2.80. The van der Waals surface area contributed by atoms with Gasteiger partial charge in [0.2, 0.25) is 0 Å². The second-order valence-corrected chi connectivity index (χ2v) is 3.94. The summed E-state index contributed by atoms with van der Waals surface area (Å²) in [6.45, 7) is 2.02. The molecule has 0 saturated carbocycles. The highest BCUT2D eigenvalue weighted by Gasteiger charge is 2.07. The molecule has 17 heavy (non-hydrogen) atoms. The molecule has 0 unspecified atom stereocenters. The molecule has 2 aromatic rings. The Morgan fingerprint density at radius 1 is 1.35 bits per heavy atom. The van der Waals surface area contributed by atoms with Crippen molar-refractivity contribution in [3.8, 4) is 11.3 Å². The van der Waals surface area contributed by atoms with E-state index in [-0.39, 0.29) is 6.42 Å². The summed E-state index contributed by atoms with van der Waals surface area (Å²) >= 11 is 0. The normalized spacial score (nSPS) is 10.4. The number of carbonyl (C=O) groups is 1. The first kappa shape index (κ1) is 11.4. The minimum absolute atomic E-state index is 0.0693. The molecule has 2 rings (SSSR count). The Hall–Kier alpha value is -2.10. The average Bonchev–Trinajstić information content (AvgIpc) is 2.76. The van der Waals surface area contributed by atoms with Gasteiger partial charge in [-0.15, -0.1) is 0 Å². The van der Waals surface area contributed by atoms with Gasteiger partial charge in [-0.1, -0.05) is 35.0 Å². The molecule has 0 amide bonds. The Labute approximate surface area is 98.9 Å². The van der Waals surface area contributed by atoms with Gasteiger partial charge in [0.1, 0.15) is 0 Å². The SMILES string of the molecule is Cc1ccc(-c2cc(CCC(=O)O)no2)cc1. The minimum Gasteiger partial charge on any atom is -0.481 e. The maximum absolute atomic E-state index is 10.4. The van der Waals surface area contributed by atoms with Crippen LogP contribution in [0.3, 0.4) is 0 Å². The zero-order valence-corrected chi connectivity index (χ0v) is 9.51. The Balaban J connectivity index is 2.12. The van der Waals surface area contributed by atoms with Gasteiger partial charge in [-0.05, 0) is 6.92 Å². The fourth-order valence-corrected chi connectivity index (χ4v) is 1.52. The molecule has 1 aromatic heterocycles. The summed E-state index contributed by atoms with van der Waals surface area (Å²) in [7, 11) is 0. The highest BCUT2D eigenvalue weighted by molar-refractivity contribution is 5.67. The number of aromatic nitrogens is 1. The van der Waals surface area contributed by atoms with E-state index in [2.05, 4.69) is 5.16 Å². The van der Waals surface area contributed by atoms with Gasteiger partial charge >= 0.3 is 5.97 Å². The minimum atomic E-state index is -0.829. The molecule has 0 spiro atoms. The zero-order valence-electron chi connectivity index (χ0n) is 9.51. The predicted molar refractivity (Wildman–Crippen MR) is 62.6 cm³/mol. The Morgan fingerprint density at radius 2 is 2.06 bits per heavy atom. The number of aryl methyl sites for hydroxylation is 2. The number of rotatable bonds is 4. The second-order valence-electron chi connectivity index (χ2n) is 3.94. The first-order valence-corrected chi connectivity index (χ1v) is 5.39. The summed E-state index contributed by atoms with van der Waals surface area (Å²) in [5.74, 6) is -0.157. The summed E-state index contributed by atoms with van der Waals surface area (Å²) in [4.78, 5) is 10.4. The first-order chi connectivity index (χ1) is 8.15. The van der Waals surface area contributed by atoms with Crippen LogP contribution in [0.25, 0.3) is 11.3 Å². The number of hydrogen-bond donors (Lipinski definition) is 1. The van der Waals surface area contributed by atoms with Gasteiger partial charge in [0, 0.05) is 18.1 Å². The number of carboxylic acid groups (broad SMARTS) is 1. The lowest BCUT2D eigenvalue weighted by molar-refractivity contribution is -0.136. The van der Waals surface area contributed by atoms with Crippen LogP contribution in [-0.4, -0.2) is 16.2 Å². The summed E-state index contributed by atoms with van der Waals surface area (Å²) < 4.78 is 5.18. The monoisotopic (exact) mass is 231 g/mol. The van der Waals surface area contributed by atoms with E-state index in [0.717, 1.165) is 5.56 Å². The third-order valence-corrected chi connectivity index (χ3v) is 2.49. The molecule has 0 aliphatic carbocycles. The third kappa shape index (κ3) is 2.93. The summed E-state index contributed by atoms with van der Waals surface area (Å²) in [6, 6.07) is 9.69. The lowest BCUT2D eigenvalue weighted by Gasteiger charge is -1.95. The molecule has 0 aliphatic heterocycles. The molecule has 0 fully saturated rings. The van der Waals surface area contributed by atoms with Crippen LogP contribution in [0.1, 0.15) is 17.7 Å². The van der Waals surface area contributed by atoms with Crippen LogP contribution in [0.2, 0.25) is 0 Å². The average molecular weight is 231 g/mol. The van der Waals surface area contributed by atoms with Crippen molar-refractivity contribution >= 4 is 5.97 Å².